The van der Waals surface area contributed by atoms with Crippen molar-refractivity contribution in [3.05, 3.63) is 0 Å². The summed E-state index contributed by atoms with van der Waals surface area (Å²) in [7, 11) is 3.51. The molecule has 32 valence electrons. The lowest BCUT2D eigenvalue weighted by atomic mass is 11.5. The van der Waals surface area contributed by atoms with E-state index in [1.807, 2.05) is 0 Å². The van der Waals surface area contributed by atoms with E-state index in [0.717, 1.165) is 6.23 Å². The van der Waals surface area contributed by atoms with Crippen LogP contribution >= 0.6 is 0 Å². The van der Waals surface area contributed by atoms with Gasteiger partial charge in [-0.1, -0.05) is 0 Å². The molecule has 3 heteroatoms. The normalized spacial score (nSPS) is 11.4. The number of rotatable bonds is 2. The molecule has 0 unspecified atom stereocenters. The first kappa shape index (κ1) is 5.39. The van der Waals surface area contributed by atoms with E-state index < -0.39 is 0 Å². The first-order valence-corrected chi connectivity index (χ1v) is 8.56. The zero-order chi connectivity index (χ0) is 4.12. The number of ether oxygens (including phenoxy) is 1. The SMILES string of the molecule is COC[SiH2][SiH3]. The van der Waals surface area contributed by atoms with Crippen molar-refractivity contribution in [3.63, 3.8) is 0 Å². The maximum absolute atomic E-state index is 4.79. The molecule has 0 aliphatic rings. The van der Waals surface area contributed by atoms with Gasteiger partial charge in [0.2, 0.25) is 0 Å². The summed E-state index contributed by atoms with van der Waals surface area (Å²) in [6.45, 7) is 0. The molecule has 0 aromatic carbocycles. The van der Waals surface area contributed by atoms with Crippen molar-refractivity contribution < 1.29 is 4.74 Å². The minimum absolute atomic E-state index is 0.331. The van der Waals surface area contributed by atoms with Crippen molar-refractivity contribution in [1.29, 1.82) is 0 Å². The fourth-order valence-corrected chi connectivity index (χ4v) is 1.84. The molecule has 0 N–H and O–H groups in total. The Balaban J connectivity index is 2.19. The fourth-order valence-electron chi connectivity index (χ4n) is 0.204. The summed E-state index contributed by atoms with van der Waals surface area (Å²) in [5.41, 5.74) is 0. The average molecular weight is 106 g/mol. The van der Waals surface area contributed by atoms with Gasteiger partial charge in [-0.05, 0) is 9.76 Å². The Labute approximate surface area is 37.8 Å². The number of hydrogen-bond donors (Lipinski definition) is 0. The summed E-state index contributed by atoms with van der Waals surface area (Å²) in [5, 5.41) is 0. The van der Waals surface area contributed by atoms with Crippen LogP contribution in [0.3, 0.4) is 0 Å². The molecule has 1 nitrogen and oxygen atoms in total. The Morgan fingerprint density at radius 3 is 2.60 bits per heavy atom. The van der Waals surface area contributed by atoms with Crippen molar-refractivity contribution in [2.24, 2.45) is 0 Å². The highest BCUT2D eigenvalue weighted by atomic mass is 29.1. The molecule has 5 heavy (non-hydrogen) atoms. The summed E-state index contributed by atoms with van der Waals surface area (Å²) in [6, 6.07) is 0. The molecule has 0 atom stereocenters. The Hall–Kier alpha value is 0.394. The van der Waals surface area contributed by atoms with Gasteiger partial charge in [-0.25, -0.2) is 0 Å². The summed E-state index contributed by atoms with van der Waals surface area (Å²) in [5.74, 6) is 0. The molecule has 0 amide bonds. The largest absolute Gasteiger partial charge is 0.389 e. The van der Waals surface area contributed by atoms with Gasteiger partial charge in [-0.2, -0.15) is 0 Å². The van der Waals surface area contributed by atoms with Crippen LogP contribution in [-0.4, -0.2) is 32.1 Å². The monoisotopic (exact) mass is 106 g/mol. The standard InChI is InChI=1S/C2H10OSi2/c1-3-2-5-4/h2,5H2,1,4H3. The average Bonchev–Trinajstić information content (AvgIpc) is 1.41. The van der Waals surface area contributed by atoms with Crippen LogP contribution in [0.25, 0.3) is 0 Å². The van der Waals surface area contributed by atoms with Gasteiger partial charge >= 0.3 is 0 Å². The van der Waals surface area contributed by atoms with Gasteiger partial charge < -0.3 is 4.74 Å². The Morgan fingerprint density at radius 1 is 2.00 bits per heavy atom. The van der Waals surface area contributed by atoms with Gasteiger partial charge in [0.25, 0.3) is 0 Å². The van der Waals surface area contributed by atoms with Gasteiger partial charge in [0.05, 0.1) is 0 Å². The van der Waals surface area contributed by atoms with Crippen molar-refractivity contribution in [3.8, 4) is 0 Å². The fraction of sp³-hybridized carbons (Fsp3) is 1.00. The van der Waals surface area contributed by atoms with Gasteiger partial charge in [0, 0.05) is 22.4 Å². The quantitative estimate of drug-likeness (QED) is 0.371. The van der Waals surface area contributed by atoms with Crippen molar-refractivity contribution >= 4 is 18.8 Å². The third kappa shape index (κ3) is 4.39. The first-order valence-electron chi connectivity index (χ1n) is 1.90. The van der Waals surface area contributed by atoms with E-state index in [0.29, 0.717) is 9.04 Å². The van der Waals surface area contributed by atoms with Gasteiger partial charge in [0.1, 0.15) is 0 Å². The zero-order valence-corrected chi connectivity index (χ0v) is 7.24. The highest BCUT2D eigenvalue weighted by Crippen LogP contribution is 1.52. The molecular formula is C2H10OSi2. The summed E-state index contributed by atoms with van der Waals surface area (Å²) >= 11 is 0. The van der Waals surface area contributed by atoms with E-state index in [1.54, 1.807) is 7.11 Å². The Bertz CT molecular complexity index is 15.1. The number of hydrogen-bond acceptors (Lipinski definition) is 1. The lowest BCUT2D eigenvalue weighted by molar-refractivity contribution is 0.253. The second-order valence-electron chi connectivity index (χ2n) is 0.993. The Kier molecular flexibility index (Phi) is 4.74. The second-order valence-corrected chi connectivity index (χ2v) is 5.40. The lowest BCUT2D eigenvalue weighted by Gasteiger charge is -1.83. The molecule has 0 fully saturated rings. The van der Waals surface area contributed by atoms with Crippen LogP contribution in [0.4, 0.5) is 0 Å². The van der Waals surface area contributed by atoms with Crippen LogP contribution in [-0.2, 0) is 4.74 Å². The number of methoxy groups -OCH3 is 1. The molecule has 0 aromatic heterocycles. The first-order chi connectivity index (χ1) is 2.41. The minimum atomic E-state index is 0.331. The Morgan fingerprint density at radius 2 is 2.60 bits per heavy atom. The van der Waals surface area contributed by atoms with Crippen molar-refractivity contribution in [2.75, 3.05) is 13.3 Å². The minimum Gasteiger partial charge on any atom is -0.389 e. The topological polar surface area (TPSA) is 9.23 Å². The second kappa shape index (κ2) is 4.39. The van der Waals surface area contributed by atoms with Crippen LogP contribution in [0.2, 0.25) is 0 Å². The van der Waals surface area contributed by atoms with Gasteiger partial charge in [-0.3, -0.25) is 0 Å². The molecule has 0 aliphatic carbocycles. The van der Waals surface area contributed by atoms with Crippen LogP contribution in [0, 0.1) is 0 Å². The van der Waals surface area contributed by atoms with E-state index in [2.05, 4.69) is 0 Å². The predicted molar refractivity (Wildman–Crippen MR) is 30.4 cm³/mol. The molecule has 0 bridgehead atoms. The van der Waals surface area contributed by atoms with E-state index in [1.165, 1.54) is 9.76 Å². The third-order valence-electron chi connectivity index (χ3n) is 0.408. The molecule has 0 saturated heterocycles. The van der Waals surface area contributed by atoms with Gasteiger partial charge in [-0.15, -0.1) is 0 Å². The molecule has 0 aromatic rings. The highest BCUT2D eigenvalue weighted by Gasteiger charge is 1.68. The van der Waals surface area contributed by atoms with Crippen LogP contribution in [0.15, 0.2) is 0 Å². The van der Waals surface area contributed by atoms with Crippen LogP contribution < -0.4 is 0 Å². The summed E-state index contributed by atoms with van der Waals surface area (Å²) < 4.78 is 4.79. The molecular weight excluding hydrogens is 96.2 g/mol. The molecule has 0 aliphatic heterocycles. The smallest absolute Gasteiger partial charge is 0.0358 e. The maximum Gasteiger partial charge on any atom is 0.0358 e. The van der Waals surface area contributed by atoms with Crippen molar-refractivity contribution in [2.45, 2.75) is 0 Å². The molecule has 0 spiro atoms. The highest BCUT2D eigenvalue weighted by molar-refractivity contribution is 6.89. The van der Waals surface area contributed by atoms with Crippen LogP contribution in [0.5, 0.6) is 0 Å². The molecule has 0 saturated carbocycles. The maximum atomic E-state index is 4.79. The van der Waals surface area contributed by atoms with E-state index in [9.17, 15) is 0 Å². The third-order valence-corrected chi connectivity index (χ3v) is 2.45. The molecule has 0 heterocycles. The van der Waals surface area contributed by atoms with E-state index in [-0.39, 0.29) is 0 Å². The van der Waals surface area contributed by atoms with E-state index >= 15 is 0 Å². The zero-order valence-electron chi connectivity index (χ0n) is 3.82. The summed E-state index contributed by atoms with van der Waals surface area (Å²) in [4.78, 5) is 0. The molecule has 0 radical (unpaired) electrons. The van der Waals surface area contributed by atoms with Crippen molar-refractivity contribution in [1.82, 2.24) is 0 Å². The summed E-state index contributed by atoms with van der Waals surface area (Å²) in [6.07, 6.45) is 1.09. The van der Waals surface area contributed by atoms with E-state index in [4.69, 9.17) is 4.74 Å². The lowest BCUT2D eigenvalue weighted by Crippen LogP contribution is -1.98. The predicted octanol–water partition coefficient (Wildman–Crippen LogP) is -1.96. The van der Waals surface area contributed by atoms with Gasteiger partial charge in [0.15, 0.2) is 0 Å². The van der Waals surface area contributed by atoms with Crippen LogP contribution in [0.1, 0.15) is 0 Å². The molecule has 0 rings (SSSR count).